The van der Waals surface area contributed by atoms with Crippen LogP contribution in [0.15, 0.2) is 24.3 Å². The van der Waals surface area contributed by atoms with E-state index >= 15 is 0 Å². The highest BCUT2D eigenvalue weighted by atomic mass is 19.1. The molecule has 0 fully saturated rings. The minimum atomic E-state index is -0.248. The Hall–Kier alpha value is -1.22. The lowest BCUT2D eigenvalue weighted by atomic mass is 9.95. The van der Waals surface area contributed by atoms with Gasteiger partial charge in [0.1, 0.15) is 5.82 Å². The van der Waals surface area contributed by atoms with Crippen LogP contribution in [0.5, 0.6) is 0 Å². The summed E-state index contributed by atoms with van der Waals surface area (Å²) >= 11 is 0. The molecule has 0 aliphatic heterocycles. The van der Waals surface area contributed by atoms with E-state index in [1.165, 1.54) is 12.1 Å². The summed E-state index contributed by atoms with van der Waals surface area (Å²) in [5, 5.41) is 3.28. The average molecular weight is 251 g/mol. The molecule has 1 aromatic carbocycles. The summed E-state index contributed by atoms with van der Waals surface area (Å²) in [7, 11) is 0. The van der Waals surface area contributed by atoms with Crippen molar-refractivity contribution in [1.82, 2.24) is 5.32 Å². The summed E-state index contributed by atoms with van der Waals surface area (Å²) in [5.41, 5.74) is 0.976. The van der Waals surface area contributed by atoms with Crippen molar-refractivity contribution in [3.8, 4) is 0 Å². The Labute approximate surface area is 109 Å². The van der Waals surface area contributed by atoms with Gasteiger partial charge < -0.3 is 5.32 Å². The third kappa shape index (κ3) is 4.57. The number of nitrogens with one attached hydrogen (secondary N) is 1. The van der Waals surface area contributed by atoms with Gasteiger partial charge in [-0.1, -0.05) is 39.8 Å². The number of halogens is 1. The number of carbonyl (C=O) groups is 1. The van der Waals surface area contributed by atoms with Gasteiger partial charge in [0, 0.05) is 12.0 Å². The largest absolute Gasteiger partial charge is 0.305 e. The molecule has 2 nitrogen and oxygen atoms in total. The first-order valence-corrected chi connectivity index (χ1v) is 6.44. The summed E-state index contributed by atoms with van der Waals surface area (Å²) in [6, 6.07) is 6.38. The van der Waals surface area contributed by atoms with Gasteiger partial charge in [-0.2, -0.15) is 0 Å². The second-order valence-electron chi connectivity index (χ2n) is 5.26. The maximum absolute atomic E-state index is 12.8. The molecule has 0 amide bonds. The van der Waals surface area contributed by atoms with E-state index in [1.54, 1.807) is 12.1 Å². The number of carbonyl (C=O) groups excluding carboxylic acids is 1. The van der Waals surface area contributed by atoms with Gasteiger partial charge >= 0.3 is 0 Å². The number of benzene rings is 1. The quantitative estimate of drug-likeness (QED) is 0.842. The summed E-state index contributed by atoms with van der Waals surface area (Å²) in [6.07, 6.45) is 0.607. The highest BCUT2D eigenvalue weighted by Gasteiger charge is 2.21. The van der Waals surface area contributed by atoms with E-state index < -0.39 is 0 Å². The van der Waals surface area contributed by atoms with E-state index in [0.29, 0.717) is 6.42 Å². The minimum absolute atomic E-state index is 0.00157. The molecule has 0 aromatic heterocycles. The van der Waals surface area contributed by atoms with Crippen LogP contribution in [0.1, 0.15) is 33.3 Å². The molecule has 0 heterocycles. The number of Topliss-reactive ketones (excluding diaryl/α,β-unsaturated/α-hetero) is 1. The fourth-order valence-electron chi connectivity index (χ4n) is 1.90. The standard InChI is InChI=1S/C15H22FNO/c1-10(2)15(18)14(17-11(3)4)9-12-5-7-13(16)8-6-12/h5-8,10-11,14,17H,9H2,1-4H3. The lowest BCUT2D eigenvalue weighted by Gasteiger charge is -2.22. The molecule has 1 aromatic rings. The Bertz CT molecular complexity index is 384. The summed E-state index contributed by atoms with van der Waals surface area (Å²) in [5.74, 6) is -0.0444. The predicted octanol–water partition coefficient (Wildman–Crippen LogP) is 2.96. The van der Waals surface area contributed by atoms with Gasteiger partial charge in [0.25, 0.3) is 0 Å². The molecular weight excluding hydrogens is 229 g/mol. The van der Waals surface area contributed by atoms with Gasteiger partial charge in [0.05, 0.1) is 6.04 Å². The Morgan fingerprint density at radius 3 is 2.17 bits per heavy atom. The van der Waals surface area contributed by atoms with E-state index in [2.05, 4.69) is 5.32 Å². The van der Waals surface area contributed by atoms with Crippen LogP contribution in [-0.2, 0) is 11.2 Å². The number of ketones is 1. The monoisotopic (exact) mass is 251 g/mol. The summed E-state index contributed by atoms with van der Waals surface area (Å²) in [4.78, 5) is 12.1. The van der Waals surface area contributed by atoms with Crippen LogP contribution in [0.4, 0.5) is 4.39 Å². The molecule has 0 saturated heterocycles. The van der Waals surface area contributed by atoms with Crippen molar-refractivity contribution in [2.24, 2.45) is 5.92 Å². The second-order valence-corrected chi connectivity index (χ2v) is 5.26. The molecule has 1 unspecified atom stereocenters. The molecule has 1 atom stereocenters. The van der Waals surface area contributed by atoms with Crippen molar-refractivity contribution in [1.29, 1.82) is 0 Å². The first kappa shape index (κ1) is 14.8. The Kier molecular flexibility index (Phi) is 5.48. The Balaban J connectivity index is 2.77. The third-order valence-electron chi connectivity index (χ3n) is 2.80. The molecule has 0 aliphatic carbocycles. The molecule has 0 saturated carbocycles. The summed E-state index contributed by atoms with van der Waals surface area (Å²) in [6.45, 7) is 7.85. The zero-order valence-corrected chi connectivity index (χ0v) is 11.5. The first-order chi connectivity index (χ1) is 8.40. The highest BCUT2D eigenvalue weighted by Crippen LogP contribution is 2.10. The van der Waals surface area contributed by atoms with Gasteiger partial charge in [0.15, 0.2) is 5.78 Å². The Morgan fingerprint density at radius 2 is 1.72 bits per heavy atom. The van der Waals surface area contributed by atoms with E-state index in [4.69, 9.17) is 0 Å². The molecule has 0 radical (unpaired) electrons. The first-order valence-electron chi connectivity index (χ1n) is 6.44. The normalized spacial score (nSPS) is 13.1. The molecular formula is C15H22FNO. The van der Waals surface area contributed by atoms with Gasteiger partial charge in [-0.15, -0.1) is 0 Å². The molecule has 0 bridgehead atoms. The van der Waals surface area contributed by atoms with Crippen LogP contribution in [0.2, 0.25) is 0 Å². The molecule has 100 valence electrons. The molecule has 1 rings (SSSR count). The van der Waals surface area contributed by atoms with E-state index in [9.17, 15) is 9.18 Å². The second kappa shape index (κ2) is 6.64. The smallest absolute Gasteiger partial charge is 0.152 e. The van der Waals surface area contributed by atoms with Crippen LogP contribution in [0.25, 0.3) is 0 Å². The fraction of sp³-hybridized carbons (Fsp3) is 0.533. The van der Waals surface area contributed by atoms with Crippen molar-refractivity contribution in [2.75, 3.05) is 0 Å². The average Bonchev–Trinajstić information content (AvgIpc) is 2.29. The number of rotatable bonds is 6. The van der Waals surface area contributed by atoms with Crippen molar-refractivity contribution >= 4 is 5.78 Å². The van der Waals surface area contributed by atoms with E-state index in [-0.39, 0.29) is 29.6 Å². The van der Waals surface area contributed by atoms with E-state index in [0.717, 1.165) is 5.56 Å². The molecule has 3 heteroatoms. The van der Waals surface area contributed by atoms with Crippen molar-refractivity contribution in [3.05, 3.63) is 35.6 Å². The van der Waals surface area contributed by atoms with Crippen molar-refractivity contribution < 1.29 is 9.18 Å². The van der Waals surface area contributed by atoms with Crippen molar-refractivity contribution in [2.45, 2.75) is 46.2 Å². The fourth-order valence-corrected chi connectivity index (χ4v) is 1.90. The van der Waals surface area contributed by atoms with Crippen LogP contribution in [0, 0.1) is 11.7 Å². The van der Waals surface area contributed by atoms with Crippen LogP contribution < -0.4 is 5.32 Å². The molecule has 0 aliphatic rings. The third-order valence-corrected chi connectivity index (χ3v) is 2.80. The lowest BCUT2D eigenvalue weighted by molar-refractivity contribution is -0.124. The maximum Gasteiger partial charge on any atom is 0.152 e. The van der Waals surface area contributed by atoms with Crippen LogP contribution in [-0.4, -0.2) is 17.9 Å². The number of hydrogen-bond acceptors (Lipinski definition) is 2. The van der Waals surface area contributed by atoms with Crippen LogP contribution in [0.3, 0.4) is 0 Å². The van der Waals surface area contributed by atoms with Gasteiger partial charge in [-0.05, 0) is 24.1 Å². The minimum Gasteiger partial charge on any atom is -0.305 e. The van der Waals surface area contributed by atoms with Gasteiger partial charge in [-0.3, -0.25) is 4.79 Å². The van der Waals surface area contributed by atoms with Crippen molar-refractivity contribution in [3.63, 3.8) is 0 Å². The van der Waals surface area contributed by atoms with E-state index in [1.807, 2.05) is 27.7 Å². The zero-order chi connectivity index (χ0) is 13.7. The number of hydrogen-bond donors (Lipinski definition) is 1. The Morgan fingerprint density at radius 1 is 1.17 bits per heavy atom. The molecule has 1 N–H and O–H groups in total. The molecule has 18 heavy (non-hydrogen) atoms. The van der Waals surface area contributed by atoms with Gasteiger partial charge in [-0.25, -0.2) is 4.39 Å². The summed E-state index contributed by atoms with van der Waals surface area (Å²) < 4.78 is 12.8. The van der Waals surface area contributed by atoms with Crippen LogP contribution >= 0.6 is 0 Å². The SMILES string of the molecule is CC(C)NC(Cc1ccc(F)cc1)C(=O)C(C)C. The zero-order valence-electron chi connectivity index (χ0n) is 11.5. The molecule has 0 spiro atoms. The maximum atomic E-state index is 12.8. The van der Waals surface area contributed by atoms with Gasteiger partial charge in [0.2, 0.25) is 0 Å². The highest BCUT2D eigenvalue weighted by molar-refractivity contribution is 5.86. The lowest BCUT2D eigenvalue weighted by Crippen LogP contribution is -2.44. The topological polar surface area (TPSA) is 29.1 Å². The predicted molar refractivity (Wildman–Crippen MR) is 72.0 cm³/mol.